The summed E-state index contributed by atoms with van der Waals surface area (Å²) in [6.45, 7) is 7.29. The fraction of sp³-hybridized carbons (Fsp3) is 0.529. The summed E-state index contributed by atoms with van der Waals surface area (Å²) in [6, 6.07) is 8.20. The molecule has 19 heavy (non-hydrogen) atoms. The number of hydrogen-bond donors (Lipinski definition) is 1. The van der Waals surface area contributed by atoms with Crippen molar-refractivity contribution in [2.24, 2.45) is 0 Å². The summed E-state index contributed by atoms with van der Waals surface area (Å²) in [5.74, 6) is 0.990. The Labute approximate surface area is 117 Å². The predicted molar refractivity (Wildman–Crippen MR) is 83.7 cm³/mol. The topological polar surface area (TPSA) is 21.3 Å². The third-order valence-corrected chi connectivity index (χ3v) is 2.95. The maximum Gasteiger partial charge on any atom is 0.126 e. The van der Waals surface area contributed by atoms with Crippen molar-refractivity contribution in [1.82, 2.24) is 5.32 Å². The molecule has 0 heterocycles. The summed E-state index contributed by atoms with van der Waals surface area (Å²) in [6.07, 6.45) is 8.93. The minimum absolute atomic E-state index is 0.808. The van der Waals surface area contributed by atoms with E-state index in [1.807, 2.05) is 31.2 Å². The lowest BCUT2D eigenvalue weighted by Crippen LogP contribution is -2.15. The van der Waals surface area contributed by atoms with Crippen LogP contribution in [0.3, 0.4) is 0 Å². The van der Waals surface area contributed by atoms with Crippen LogP contribution in [0.15, 0.2) is 30.3 Å². The lowest BCUT2D eigenvalue weighted by molar-refractivity contribution is 0.304. The average molecular weight is 261 g/mol. The van der Waals surface area contributed by atoms with Crippen LogP contribution >= 0.6 is 0 Å². The molecule has 0 aliphatic carbocycles. The van der Waals surface area contributed by atoms with E-state index in [1.165, 1.54) is 19.3 Å². The van der Waals surface area contributed by atoms with Gasteiger partial charge in [-0.25, -0.2) is 0 Å². The molecule has 2 nitrogen and oxygen atoms in total. The normalized spacial score (nSPS) is 11.1. The van der Waals surface area contributed by atoms with Crippen LogP contribution in [-0.2, 0) is 0 Å². The molecule has 1 aromatic rings. The summed E-state index contributed by atoms with van der Waals surface area (Å²) in [5.41, 5.74) is 1.16. The first-order valence-electron chi connectivity index (χ1n) is 7.43. The summed E-state index contributed by atoms with van der Waals surface area (Å²) in [7, 11) is 0. The van der Waals surface area contributed by atoms with E-state index in [1.54, 1.807) is 0 Å². The molecule has 1 N–H and O–H groups in total. The molecule has 0 radical (unpaired) electrons. The molecule has 0 atom stereocenters. The van der Waals surface area contributed by atoms with E-state index in [0.29, 0.717) is 0 Å². The van der Waals surface area contributed by atoms with Gasteiger partial charge in [-0.1, -0.05) is 37.3 Å². The Kier molecular flexibility index (Phi) is 8.82. The van der Waals surface area contributed by atoms with E-state index in [2.05, 4.69) is 24.4 Å². The Morgan fingerprint density at radius 3 is 2.74 bits per heavy atom. The summed E-state index contributed by atoms with van der Waals surface area (Å²) in [4.78, 5) is 0. The molecule has 1 rings (SSSR count). The average Bonchev–Trinajstić information content (AvgIpc) is 2.44. The second kappa shape index (κ2) is 10.6. The molecule has 0 aromatic heterocycles. The Hall–Kier alpha value is -1.28. The minimum Gasteiger partial charge on any atom is -0.493 e. The molecule has 0 fully saturated rings. The Morgan fingerprint density at radius 1 is 1.11 bits per heavy atom. The molecular formula is C17H27NO. The molecule has 0 aliphatic rings. The van der Waals surface area contributed by atoms with Crippen LogP contribution in [0.5, 0.6) is 5.75 Å². The van der Waals surface area contributed by atoms with Crippen molar-refractivity contribution in [3.05, 3.63) is 35.9 Å². The molecule has 0 aliphatic heterocycles. The van der Waals surface area contributed by atoms with Gasteiger partial charge < -0.3 is 10.1 Å². The fourth-order valence-electron chi connectivity index (χ4n) is 1.94. The number of hydrogen-bond acceptors (Lipinski definition) is 2. The van der Waals surface area contributed by atoms with Crippen molar-refractivity contribution in [2.45, 2.75) is 39.5 Å². The molecule has 0 spiro atoms. The van der Waals surface area contributed by atoms with Crippen molar-refractivity contribution in [3.8, 4) is 5.75 Å². The first-order chi connectivity index (χ1) is 9.38. The molecule has 1 aromatic carbocycles. The molecule has 106 valence electrons. The summed E-state index contributed by atoms with van der Waals surface area (Å²) in [5, 5.41) is 3.42. The van der Waals surface area contributed by atoms with E-state index in [0.717, 1.165) is 37.4 Å². The van der Waals surface area contributed by atoms with Crippen LogP contribution in [0.1, 0.15) is 45.1 Å². The molecule has 0 saturated heterocycles. The van der Waals surface area contributed by atoms with Gasteiger partial charge in [-0.05, 0) is 51.8 Å². The molecule has 0 amide bonds. The van der Waals surface area contributed by atoms with Crippen molar-refractivity contribution in [2.75, 3.05) is 19.7 Å². The smallest absolute Gasteiger partial charge is 0.126 e. The van der Waals surface area contributed by atoms with Crippen molar-refractivity contribution < 1.29 is 4.74 Å². The highest BCUT2D eigenvalue weighted by molar-refractivity contribution is 5.56. The van der Waals surface area contributed by atoms with Gasteiger partial charge in [0.2, 0.25) is 0 Å². The standard InChI is InChI=1S/C17H27NO/c1-3-10-16-11-6-7-12-17(16)19-15-9-5-8-14-18-13-4-2/h3,6-7,10-12,18H,4-5,8-9,13-15H2,1-2H3. The number of allylic oxidation sites excluding steroid dienone is 1. The van der Waals surface area contributed by atoms with Gasteiger partial charge in [-0.15, -0.1) is 0 Å². The van der Waals surface area contributed by atoms with E-state index in [4.69, 9.17) is 4.74 Å². The van der Waals surface area contributed by atoms with E-state index >= 15 is 0 Å². The molecule has 0 saturated carbocycles. The highest BCUT2D eigenvalue weighted by Gasteiger charge is 1.98. The zero-order valence-corrected chi connectivity index (χ0v) is 12.3. The first kappa shape index (κ1) is 15.8. The number of benzene rings is 1. The van der Waals surface area contributed by atoms with Crippen LogP contribution in [0.2, 0.25) is 0 Å². The van der Waals surface area contributed by atoms with Gasteiger partial charge in [-0.2, -0.15) is 0 Å². The van der Waals surface area contributed by atoms with Gasteiger partial charge in [0.05, 0.1) is 6.61 Å². The monoisotopic (exact) mass is 261 g/mol. The van der Waals surface area contributed by atoms with Gasteiger partial charge in [0.25, 0.3) is 0 Å². The van der Waals surface area contributed by atoms with Crippen molar-refractivity contribution >= 4 is 6.08 Å². The number of ether oxygens (including phenoxy) is 1. The zero-order chi connectivity index (χ0) is 13.8. The van der Waals surface area contributed by atoms with Gasteiger partial charge in [-0.3, -0.25) is 0 Å². The third kappa shape index (κ3) is 7.02. The third-order valence-electron chi connectivity index (χ3n) is 2.95. The maximum absolute atomic E-state index is 5.85. The van der Waals surface area contributed by atoms with Crippen LogP contribution in [-0.4, -0.2) is 19.7 Å². The Balaban J connectivity index is 2.15. The predicted octanol–water partition coefficient (Wildman–Crippen LogP) is 4.27. The van der Waals surface area contributed by atoms with Crippen LogP contribution in [0, 0.1) is 0 Å². The number of rotatable bonds is 10. The first-order valence-corrected chi connectivity index (χ1v) is 7.43. The van der Waals surface area contributed by atoms with Crippen LogP contribution < -0.4 is 10.1 Å². The van der Waals surface area contributed by atoms with Gasteiger partial charge in [0.15, 0.2) is 0 Å². The molecule has 0 bridgehead atoms. The largest absolute Gasteiger partial charge is 0.493 e. The van der Waals surface area contributed by atoms with Crippen molar-refractivity contribution in [3.63, 3.8) is 0 Å². The second-order valence-corrected chi connectivity index (χ2v) is 4.70. The summed E-state index contributed by atoms with van der Waals surface area (Å²) >= 11 is 0. The molecule has 0 unspecified atom stereocenters. The minimum atomic E-state index is 0.808. The fourth-order valence-corrected chi connectivity index (χ4v) is 1.94. The highest BCUT2D eigenvalue weighted by atomic mass is 16.5. The molecule has 2 heteroatoms. The Bertz CT molecular complexity index is 360. The second-order valence-electron chi connectivity index (χ2n) is 4.70. The number of unbranched alkanes of at least 4 members (excludes halogenated alkanes) is 2. The van der Waals surface area contributed by atoms with Crippen LogP contribution in [0.25, 0.3) is 6.08 Å². The SMILES string of the molecule is CC=Cc1ccccc1OCCCCCNCCC. The quantitative estimate of drug-likeness (QED) is 0.635. The van der Waals surface area contributed by atoms with E-state index in [-0.39, 0.29) is 0 Å². The Morgan fingerprint density at radius 2 is 1.95 bits per heavy atom. The zero-order valence-electron chi connectivity index (χ0n) is 12.3. The number of nitrogens with one attached hydrogen (secondary N) is 1. The highest BCUT2D eigenvalue weighted by Crippen LogP contribution is 2.19. The number of para-hydroxylation sites is 1. The lowest BCUT2D eigenvalue weighted by Gasteiger charge is -2.09. The maximum atomic E-state index is 5.85. The lowest BCUT2D eigenvalue weighted by atomic mass is 10.2. The van der Waals surface area contributed by atoms with E-state index in [9.17, 15) is 0 Å². The van der Waals surface area contributed by atoms with Gasteiger partial charge in [0.1, 0.15) is 5.75 Å². The summed E-state index contributed by atoms with van der Waals surface area (Å²) < 4.78 is 5.85. The van der Waals surface area contributed by atoms with Gasteiger partial charge >= 0.3 is 0 Å². The van der Waals surface area contributed by atoms with E-state index < -0.39 is 0 Å². The van der Waals surface area contributed by atoms with Gasteiger partial charge in [0, 0.05) is 5.56 Å². The van der Waals surface area contributed by atoms with Crippen LogP contribution in [0.4, 0.5) is 0 Å². The van der Waals surface area contributed by atoms with Crippen molar-refractivity contribution in [1.29, 1.82) is 0 Å². The molecular weight excluding hydrogens is 234 g/mol.